The van der Waals surface area contributed by atoms with Gasteiger partial charge >= 0.3 is 0 Å². The van der Waals surface area contributed by atoms with E-state index in [-0.39, 0.29) is 0 Å². The standard InChI is InChI=1S/C8H15FN2/c1-8(9)2-3-11(6-8)7-4-10-5-7/h7,10H,2-6H2,1H3. The van der Waals surface area contributed by atoms with Gasteiger partial charge in [-0.1, -0.05) is 0 Å². The summed E-state index contributed by atoms with van der Waals surface area (Å²) in [5.74, 6) is 0. The molecule has 2 nitrogen and oxygen atoms in total. The molecule has 2 rings (SSSR count). The molecule has 0 spiro atoms. The molecule has 1 atom stereocenters. The van der Waals surface area contributed by atoms with Crippen molar-refractivity contribution < 1.29 is 4.39 Å². The van der Waals surface area contributed by atoms with Crippen LogP contribution in [0.2, 0.25) is 0 Å². The van der Waals surface area contributed by atoms with E-state index in [2.05, 4.69) is 10.2 Å². The third-order valence-electron chi connectivity index (χ3n) is 2.73. The SMILES string of the molecule is CC1(F)CCN(C2CNC2)C1. The molecular formula is C8H15FN2. The minimum absolute atomic E-state index is 0.618. The minimum Gasteiger partial charge on any atom is -0.314 e. The van der Waals surface area contributed by atoms with Crippen molar-refractivity contribution in [2.45, 2.75) is 25.1 Å². The van der Waals surface area contributed by atoms with Crippen LogP contribution in [-0.2, 0) is 0 Å². The van der Waals surface area contributed by atoms with Crippen molar-refractivity contribution in [1.29, 1.82) is 0 Å². The molecule has 2 heterocycles. The van der Waals surface area contributed by atoms with E-state index in [1.54, 1.807) is 6.92 Å². The Labute approximate surface area is 66.8 Å². The summed E-state index contributed by atoms with van der Waals surface area (Å²) in [5.41, 5.74) is -0.921. The minimum atomic E-state index is -0.921. The van der Waals surface area contributed by atoms with Gasteiger partial charge in [-0.3, -0.25) is 4.90 Å². The Kier molecular flexibility index (Phi) is 1.65. The van der Waals surface area contributed by atoms with Crippen LogP contribution in [0.15, 0.2) is 0 Å². The van der Waals surface area contributed by atoms with Crippen LogP contribution >= 0.6 is 0 Å². The molecule has 0 bridgehead atoms. The van der Waals surface area contributed by atoms with Gasteiger partial charge in [0.25, 0.3) is 0 Å². The molecule has 11 heavy (non-hydrogen) atoms. The van der Waals surface area contributed by atoms with Crippen molar-refractivity contribution in [2.24, 2.45) is 0 Å². The third-order valence-corrected chi connectivity index (χ3v) is 2.73. The first-order valence-electron chi connectivity index (χ1n) is 4.31. The van der Waals surface area contributed by atoms with E-state index in [0.29, 0.717) is 19.0 Å². The van der Waals surface area contributed by atoms with Crippen LogP contribution in [0, 0.1) is 0 Å². The van der Waals surface area contributed by atoms with Gasteiger partial charge in [-0.2, -0.15) is 0 Å². The van der Waals surface area contributed by atoms with Crippen LogP contribution < -0.4 is 5.32 Å². The maximum Gasteiger partial charge on any atom is 0.122 e. The first-order valence-corrected chi connectivity index (χ1v) is 4.31. The molecule has 0 aliphatic carbocycles. The summed E-state index contributed by atoms with van der Waals surface area (Å²) in [5, 5.41) is 3.20. The smallest absolute Gasteiger partial charge is 0.122 e. The van der Waals surface area contributed by atoms with Gasteiger partial charge in [-0.15, -0.1) is 0 Å². The van der Waals surface area contributed by atoms with Gasteiger partial charge in [0.05, 0.1) is 0 Å². The molecule has 0 aromatic heterocycles. The van der Waals surface area contributed by atoms with Crippen molar-refractivity contribution in [1.82, 2.24) is 10.2 Å². The first kappa shape index (κ1) is 7.50. The second-order valence-electron chi connectivity index (χ2n) is 3.95. The van der Waals surface area contributed by atoms with Crippen molar-refractivity contribution in [3.05, 3.63) is 0 Å². The number of likely N-dealkylation sites (tertiary alicyclic amines) is 1. The largest absolute Gasteiger partial charge is 0.314 e. The van der Waals surface area contributed by atoms with Gasteiger partial charge in [0.1, 0.15) is 5.67 Å². The lowest BCUT2D eigenvalue weighted by atomic mass is 10.1. The molecule has 0 aromatic carbocycles. The zero-order valence-corrected chi connectivity index (χ0v) is 6.94. The van der Waals surface area contributed by atoms with Gasteiger partial charge in [-0.05, 0) is 13.3 Å². The number of nitrogens with zero attached hydrogens (tertiary/aromatic N) is 1. The Morgan fingerprint density at radius 3 is 2.64 bits per heavy atom. The van der Waals surface area contributed by atoms with Crippen LogP contribution in [0.4, 0.5) is 4.39 Å². The summed E-state index contributed by atoms with van der Waals surface area (Å²) >= 11 is 0. The molecule has 0 aromatic rings. The molecule has 3 heteroatoms. The number of rotatable bonds is 1. The molecule has 0 amide bonds. The predicted molar refractivity (Wildman–Crippen MR) is 42.4 cm³/mol. The van der Waals surface area contributed by atoms with Gasteiger partial charge in [0, 0.05) is 32.2 Å². The second-order valence-corrected chi connectivity index (χ2v) is 3.95. The van der Waals surface area contributed by atoms with Crippen molar-refractivity contribution in [3.63, 3.8) is 0 Å². The molecule has 64 valence electrons. The van der Waals surface area contributed by atoms with Crippen LogP contribution in [0.3, 0.4) is 0 Å². The highest BCUT2D eigenvalue weighted by Crippen LogP contribution is 2.26. The number of hydrogen-bond acceptors (Lipinski definition) is 2. The zero-order valence-electron chi connectivity index (χ0n) is 6.94. The Morgan fingerprint density at radius 1 is 1.55 bits per heavy atom. The molecular weight excluding hydrogens is 143 g/mol. The van der Waals surface area contributed by atoms with Gasteiger partial charge < -0.3 is 5.32 Å². The quantitative estimate of drug-likeness (QED) is 0.594. The van der Waals surface area contributed by atoms with Gasteiger partial charge in [0.15, 0.2) is 0 Å². The number of nitrogens with one attached hydrogen (secondary N) is 1. The molecule has 2 aliphatic heterocycles. The first-order chi connectivity index (χ1) is 5.17. The lowest BCUT2D eigenvalue weighted by Crippen LogP contribution is -2.56. The molecule has 2 aliphatic rings. The van der Waals surface area contributed by atoms with Crippen LogP contribution in [0.1, 0.15) is 13.3 Å². The van der Waals surface area contributed by atoms with E-state index in [1.807, 2.05) is 0 Å². The molecule has 1 N–H and O–H groups in total. The van der Waals surface area contributed by atoms with Crippen LogP contribution in [0.5, 0.6) is 0 Å². The lowest BCUT2D eigenvalue weighted by molar-refractivity contribution is 0.136. The van der Waals surface area contributed by atoms with E-state index in [4.69, 9.17) is 0 Å². The van der Waals surface area contributed by atoms with Gasteiger partial charge in [0.2, 0.25) is 0 Å². The monoisotopic (exact) mass is 158 g/mol. The topological polar surface area (TPSA) is 15.3 Å². The highest BCUT2D eigenvalue weighted by atomic mass is 19.1. The van der Waals surface area contributed by atoms with Crippen LogP contribution in [0.25, 0.3) is 0 Å². The van der Waals surface area contributed by atoms with E-state index in [9.17, 15) is 4.39 Å². The highest BCUT2D eigenvalue weighted by Gasteiger charge is 2.38. The number of halogens is 1. The Morgan fingerprint density at radius 2 is 2.27 bits per heavy atom. The summed E-state index contributed by atoms with van der Waals surface area (Å²) in [6, 6.07) is 0.618. The summed E-state index contributed by atoms with van der Waals surface area (Å²) in [6.45, 7) is 5.39. The van der Waals surface area contributed by atoms with E-state index < -0.39 is 5.67 Å². The summed E-state index contributed by atoms with van der Waals surface area (Å²) < 4.78 is 13.3. The Hall–Kier alpha value is -0.150. The third kappa shape index (κ3) is 1.40. The molecule has 2 fully saturated rings. The summed E-state index contributed by atoms with van der Waals surface area (Å²) in [7, 11) is 0. The van der Waals surface area contributed by atoms with Crippen molar-refractivity contribution >= 4 is 0 Å². The lowest BCUT2D eigenvalue weighted by Gasteiger charge is -2.35. The fourth-order valence-electron chi connectivity index (χ4n) is 1.80. The maximum atomic E-state index is 13.3. The fraction of sp³-hybridized carbons (Fsp3) is 1.00. The van der Waals surface area contributed by atoms with E-state index >= 15 is 0 Å². The summed E-state index contributed by atoms with van der Waals surface area (Å²) in [6.07, 6.45) is 0.712. The van der Waals surface area contributed by atoms with Gasteiger partial charge in [-0.25, -0.2) is 4.39 Å². The van der Waals surface area contributed by atoms with E-state index in [0.717, 1.165) is 19.6 Å². The molecule has 0 radical (unpaired) electrons. The highest BCUT2D eigenvalue weighted by molar-refractivity contribution is 4.94. The molecule has 0 saturated carbocycles. The predicted octanol–water partition coefficient (Wildman–Crippen LogP) is 0.392. The Balaban J connectivity index is 1.88. The fourth-order valence-corrected chi connectivity index (χ4v) is 1.80. The van der Waals surface area contributed by atoms with Crippen molar-refractivity contribution in [2.75, 3.05) is 26.2 Å². The van der Waals surface area contributed by atoms with E-state index in [1.165, 1.54) is 0 Å². The molecule has 2 saturated heterocycles. The number of hydrogen-bond donors (Lipinski definition) is 1. The maximum absolute atomic E-state index is 13.3. The molecule has 1 unspecified atom stereocenters. The Bertz CT molecular complexity index is 154. The average molecular weight is 158 g/mol. The summed E-state index contributed by atoms with van der Waals surface area (Å²) in [4.78, 5) is 2.26. The zero-order chi connectivity index (χ0) is 7.90. The number of alkyl halides is 1. The van der Waals surface area contributed by atoms with Crippen LogP contribution in [-0.4, -0.2) is 42.8 Å². The van der Waals surface area contributed by atoms with Crippen molar-refractivity contribution in [3.8, 4) is 0 Å². The normalized spacial score (nSPS) is 40.9. The average Bonchev–Trinajstić information content (AvgIpc) is 2.05. The second kappa shape index (κ2) is 2.42.